The van der Waals surface area contributed by atoms with Gasteiger partial charge in [0.25, 0.3) is 5.91 Å². The van der Waals surface area contributed by atoms with Crippen LogP contribution in [0.15, 0.2) is 53.3 Å². The van der Waals surface area contributed by atoms with Crippen LogP contribution in [-0.2, 0) is 18.0 Å². The first kappa shape index (κ1) is 20.9. The van der Waals surface area contributed by atoms with Gasteiger partial charge in [0.1, 0.15) is 6.61 Å². The van der Waals surface area contributed by atoms with Gasteiger partial charge in [0.15, 0.2) is 28.8 Å². The zero-order valence-corrected chi connectivity index (χ0v) is 16.7. The largest absolute Gasteiger partial charge is 0.479 e. The molecule has 1 saturated heterocycles. The number of pyridine rings is 1. The van der Waals surface area contributed by atoms with Crippen molar-refractivity contribution in [2.45, 2.75) is 32.2 Å². The molecular formula is C22H21F2N3O4. The van der Waals surface area contributed by atoms with Gasteiger partial charge in [-0.2, -0.15) is 0 Å². The maximum absolute atomic E-state index is 13.6. The van der Waals surface area contributed by atoms with Crippen molar-refractivity contribution in [1.29, 1.82) is 0 Å². The maximum Gasteiger partial charge on any atom is 0.276 e. The number of carbonyl (C=O) groups is 1. The van der Waals surface area contributed by atoms with Crippen LogP contribution in [0, 0.1) is 11.6 Å². The Balaban J connectivity index is 1.26. The van der Waals surface area contributed by atoms with E-state index in [2.05, 4.69) is 10.1 Å². The highest BCUT2D eigenvalue weighted by atomic mass is 19.1. The summed E-state index contributed by atoms with van der Waals surface area (Å²) in [4.78, 5) is 18.4. The summed E-state index contributed by atoms with van der Waals surface area (Å²) in [6, 6.07) is 8.68. The van der Waals surface area contributed by atoms with Crippen LogP contribution in [0.4, 0.5) is 8.78 Å². The molecule has 3 aromatic rings. The maximum atomic E-state index is 13.6. The molecule has 1 aliphatic heterocycles. The minimum absolute atomic E-state index is 0.0705. The van der Waals surface area contributed by atoms with Crippen LogP contribution in [0.5, 0.6) is 5.75 Å². The highest BCUT2D eigenvalue weighted by Gasteiger charge is 2.26. The highest BCUT2D eigenvalue weighted by Crippen LogP contribution is 2.23. The molecule has 0 radical (unpaired) electrons. The molecule has 1 aromatic carbocycles. The Morgan fingerprint density at radius 2 is 1.90 bits per heavy atom. The Labute approximate surface area is 177 Å². The van der Waals surface area contributed by atoms with Crippen LogP contribution in [0.25, 0.3) is 0 Å². The first-order chi connectivity index (χ1) is 15.1. The van der Waals surface area contributed by atoms with E-state index in [4.69, 9.17) is 14.0 Å². The first-order valence-corrected chi connectivity index (χ1v) is 9.92. The molecule has 7 nitrogen and oxygen atoms in total. The Hall–Kier alpha value is -3.33. The lowest BCUT2D eigenvalue weighted by molar-refractivity contribution is -0.000675. The molecule has 162 valence electrons. The molecule has 0 saturated carbocycles. The SMILES string of the molecule is O=C(c1cc(COc2c(F)cccc2F)on1)N1CCC(OCc2cccnc2)CC1. The minimum atomic E-state index is -0.815. The van der Waals surface area contributed by atoms with Gasteiger partial charge in [-0.05, 0) is 36.6 Å². The summed E-state index contributed by atoms with van der Waals surface area (Å²) >= 11 is 0. The second-order valence-electron chi connectivity index (χ2n) is 7.18. The molecule has 2 aromatic heterocycles. The predicted molar refractivity (Wildman–Crippen MR) is 105 cm³/mol. The van der Waals surface area contributed by atoms with E-state index in [1.165, 1.54) is 12.1 Å². The van der Waals surface area contributed by atoms with Gasteiger partial charge in [-0.25, -0.2) is 8.78 Å². The summed E-state index contributed by atoms with van der Waals surface area (Å²) < 4.78 is 43.4. The third kappa shape index (κ3) is 5.24. The van der Waals surface area contributed by atoms with Gasteiger partial charge in [0.05, 0.1) is 12.7 Å². The minimum Gasteiger partial charge on any atom is -0.479 e. The molecule has 0 bridgehead atoms. The summed E-state index contributed by atoms with van der Waals surface area (Å²) in [6.07, 6.45) is 4.98. The molecule has 0 aliphatic carbocycles. The average molecular weight is 429 g/mol. The van der Waals surface area contributed by atoms with E-state index in [1.807, 2.05) is 12.1 Å². The summed E-state index contributed by atoms with van der Waals surface area (Å²) in [5.74, 6) is -2.20. The van der Waals surface area contributed by atoms with Crippen molar-refractivity contribution < 1.29 is 27.6 Å². The molecule has 0 N–H and O–H groups in total. The molecule has 0 spiro atoms. The van der Waals surface area contributed by atoms with Crippen LogP contribution < -0.4 is 4.74 Å². The number of ether oxygens (including phenoxy) is 2. The van der Waals surface area contributed by atoms with E-state index < -0.39 is 17.4 Å². The number of halogens is 2. The second kappa shape index (κ2) is 9.65. The monoisotopic (exact) mass is 429 g/mol. The number of piperidine rings is 1. The van der Waals surface area contributed by atoms with Crippen molar-refractivity contribution in [2.24, 2.45) is 0 Å². The van der Waals surface area contributed by atoms with Crippen LogP contribution in [0.1, 0.15) is 34.7 Å². The Morgan fingerprint density at radius 1 is 1.13 bits per heavy atom. The molecule has 0 atom stereocenters. The van der Waals surface area contributed by atoms with E-state index in [9.17, 15) is 13.6 Å². The molecule has 3 heterocycles. The number of aromatic nitrogens is 2. The lowest BCUT2D eigenvalue weighted by Crippen LogP contribution is -2.41. The third-order valence-electron chi connectivity index (χ3n) is 4.99. The summed E-state index contributed by atoms with van der Waals surface area (Å²) in [7, 11) is 0. The van der Waals surface area contributed by atoms with Crippen LogP contribution >= 0.6 is 0 Å². The van der Waals surface area contributed by atoms with Gasteiger partial charge in [0, 0.05) is 31.5 Å². The van der Waals surface area contributed by atoms with Crippen LogP contribution in [0.2, 0.25) is 0 Å². The highest BCUT2D eigenvalue weighted by molar-refractivity contribution is 5.92. The second-order valence-corrected chi connectivity index (χ2v) is 7.18. The molecule has 4 rings (SSSR count). The fourth-order valence-corrected chi connectivity index (χ4v) is 3.33. The Kier molecular flexibility index (Phi) is 6.51. The van der Waals surface area contributed by atoms with Crippen molar-refractivity contribution in [3.05, 3.63) is 77.4 Å². The molecule has 1 fully saturated rings. The summed E-state index contributed by atoms with van der Waals surface area (Å²) in [6.45, 7) is 1.31. The lowest BCUT2D eigenvalue weighted by atomic mass is 10.1. The number of para-hydroxylation sites is 1. The Morgan fingerprint density at radius 3 is 2.61 bits per heavy atom. The van der Waals surface area contributed by atoms with Crippen LogP contribution in [-0.4, -0.2) is 40.1 Å². The van der Waals surface area contributed by atoms with Gasteiger partial charge in [-0.15, -0.1) is 0 Å². The first-order valence-electron chi connectivity index (χ1n) is 9.92. The fraction of sp³-hybridized carbons (Fsp3) is 0.318. The van der Waals surface area contributed by atoms with E-state index >= 15 is 0 Å². The zero-order valence-electron chi connectivity index (χ0n) is 16.7. The van der Waals surface area contributed by atoms with Crippen molar-refractivity contribution in [3.8, 4) is 5.75 Å². The number of likely N-dealkylation sites (tertiary alicyclic amines) is 1. The number of nitrogens with zero attached hydrogens (tertiary/aromatic N) is 3. The molecule has 31 heavy (non-hydrogen) atoms. The molecule has 0 unspecified atom stereocenters. The molecule has 9 heteroatoms. The van der Waals surface area contributed by atoms with E-state index in [0.717, 1.165) is 17.7 Å². The standard InChI is InChI=1S/C22H21F2N3O4/c23-18-4-1-5-19(24)21(18)30-14-17-11-20(26-31-17)22(28)27-9-6-16(7-10-27)29-13-15-3-2-8-25-12-15/h1-5,8,11-12,16H,6-7,9-10,13-14H2. The Bertz CT molecular complexity index is 1000. The predicted octanol–water partition coefficient (Wildman–Crippen LogP) is 3.75. The lowest BCUT2D eigenvalue weighted by Gasteiger charge is -2.31. The number of carbonyl (C=O) groups excluding carboxylic acids is 1. The average Bonchev–Trinajstić information content (AvgIpc) is 3.27. The number of benzene rings is 1. The molecule has 1 aliphatic rings. The van der Waals surface area contributed by atoms with Crippen molar-refractivity contribution >= 4 is 5.91 Å². The van der Waals surface area contributed by atoms with E-state index in [1.54, 1.807) is 17.3 Å². The van der Waals surface area contributed by atoms with Crippen molar-refractivity contribution in [2.75, 3.05) is 13.1 Å². The van der Waals surface area contributed by atoms with Gasteiger partial charge >= 0.3 is 0 Å². The van der Waals surface area contributed by atoms with Gasteiger partial charge in [-0.1, -0.05) is 17.3 Å². The molecule has 1 amide bonds. The van der Waals surface area contributed by atoms with Crippen molar-refractivity contribution in [3.63, 3.8) is 0 Å². The van der Waals surface area contributed by atoms with Gasteiger partial charge < -0.3 is 18.9 Å². The topological polar surface area (TPSA) is 77.7 Å². The summed E-state index contributed by atoms with van der Waals surface area (Å²) in [5, 5.41) is 3.77. The molecular weight excluding hydrogens is 408 g/mol. The number of hydrogen-bond acceptors (Lipinski definition) is 6. The summed E-state index contributed by atoms with van der Waals surface area (Å²) in [5.41, 5.74) is 1.14. The number of rotatable bonds is 7. The number of hydrogen-bond donors (Lipinski definition) is 0. The quantitative estimate of drug-likeness (QED) is 0.569. The number of amides is 1. The van der Waals surface area contributed by atoms with E-state index in [0.29, 0.717) is 32.5 Å². The zero-order chi connectivity index (χ0) is 21.6. The van der Waals surface area contributed by atoms with Gasteiger partial charge in [0.2, 0.25) is 0 Å². The third-order valence-corrected chi connectivity index (χ3v) is 4.99. The fourth-order valence-electron chi connectivity index (χ4n) is 3.33. The van der Waals surface area contributed by atoms with Crippen LogP contribution in [0.3, 0.4) is 0 Å². The van der Waals surface area contributed by atoms with Crippen molar-refractivity contribution in [1.82, 2.24) is 15.0 Å². The smallest absolute Gasteiger partial charge is 0.276 e. The normalized spacial score (nSPS) is 14.6. The van der Waals surface area contributed by atoms with E-state index in [-0.39, 0.29) is 30.1 Å². The van der Waals surface area contributed by atoms with Gasteiger partial charge in [-0.3, -0.25) is 9.78 Å².